The first-order valence-corrected chi connectivity index (χ1v) is 4.50. The van der Waals surface area contributed by atoms with Gasteiger partial charge in [-0.05, 0) is 26.2 Å². The summed E-state index contributed by atoms with van der Waals surface area (Å²) < 4.78 is 5.11. The molecule has 0 aliphatic rings. The molecular weight excluding hydrogens is 152 g/mol. The summed E-state index contributed by atoms with van der Waals surface area (Å²) >= 11 is 0. The Labute approximate surface area is 74.9 Å². The summed E-state index contributed by atoms with van der Waals surface area (Å²) in [5.41, 5.74) is 0. The third-order valence-corrected chi connectivity index (χ3v) is 1.66. The Morgan fingerprint density at radius 3 is 2.83 bits per heavy atom. The average molecular weight is 170 g/mol. The van der Waals surface area contributed by atoms with Gasteiger partial charge in [-0.2, -0.15) is 0 Å². The van der Waals surface area contributed by atoms with Crippen LogP contribution >= 0.6 is 0 Å². The van der Waals surface area contributed by atoms with Gasteiger partial charge in [-0.3, -0.25) is 0 Å². The van der Waals surface area contributed by atoms with E-state index in [2.05, 4.69) is 5.92 Å². The number of hydrogen-bond acceptors (Lipinski definition) is 2. The van der Waals surface area contributed by atoms with Crippen LogP contribution in [0.1, 0.15) is 32.6 Å². The van der Waals surface area contributed by atoms with E-state index in [1.165, 1.54) is 0 Å². The minimum absolute atomic E-state index is 0.245. The molecule has 0 fully saturated rings. The molecule has 0 saturated heterocycles. The van der Waals surface area contributed by atoms with E-state index in [0.717, 1.165) is 32.3 Å². The van der Waals surface area contributed by atoms with E-state index in [4.69, 9.17) is 11.2 Å². The summed E-state index contributed by atoms with van der Waals surface area (Å²) in [4.78, 5) is 0. The second-order valence-corrected chi connectivity index (χ2v) is 2.74. The molecule has 2 nitrogen and oxygen atoms in total. The number of rotatable bonds is 7. The smallest absolute Gasteiger partial charge is 0.0562 e. The Morgan fingerprint density at radius 1 is 1.50 bits per heavy atom. The fourth-order valence-corrected chi connectivity index (χ4v) is 0.948. The molecule has 0 radical (unpaired) electrons. The summed E-state index contributed by atoms with van der Waals surface area (Å²) in [6, 6.07) is 0. The highest BCUT2D eigenvalue weighted by Gasteiger charge is 2.02. The third-order valence-electron chi connectivity index (χ3n) is 1.66. The van der Waals surface area contributed by atoms with Gasteiger partial charge in [0, 0.05) is 19.6 Å². The van der Waals surface area contributed by atoms with Crippen LogP contribution in [0.2, 0.25) is 0 Å². The maximum Gasteiger partial charge on any atom is 0.0562 e. The van der Waals surface area contributed by atoms with Gasteiger partial charge in [0.25, 0.3) is 0 Å². The maximum absolute atomic E-state index is 9.35. The molecule has 70 valence electrons. The molecule has 2 heteroatoms. The zero-order chi connectivity index (χ0) is 9.23. The van der Waals surface area contributed by atoms with E-state index < -0.39 is 0 Å². The lowest BCUT2D eigenvalue weighted by Crippen LogP contribution is -2.10. The van der Waals surface area contributed by atoms with Crippen molar-refractivity contribution in [2.45, 2.75) is 38.7 Å². The van der Waals surface area contributed by atoms with Crippen LogP contribution < -0.4 is 0 Å². The van der Waals surface area contributed by atoms with Gasteiger partial charge >= 0.3 is 0 Å². The molecule has 0 bridgehead atoms. The van der Waals surface area contributed by atoms with Crippen molar-refractivity contribution in [2.75, 3.05) is 13.2 Å². The SMILES string of the molecule is C#CCCCC(O)CCOCC. The summed E-state index contributed by atoms with van der Waals surface area (Å²) in [6.45, 7) is 3.31. The van der Waals surface area contributed by atoms with E-state index in [-0.39, 0.29) is 6.10 Å². The van der Waals surface area contributed by atoms with Crippen molar-refractivity contribution in [3.63, 3.8) is 0 Å². The Hall–Kier alpha value is -0.520. The lowest BCUT2D eigenvalue weighted by atomic mass is 10.1. The highest BCUT2D eigenvalue weighted by molar-refractivity contribution is 4.83. The molecule has 0 aliphatic heterocycles. The molecule has 0 amide bonds. The Morgan fingerprint density at radius 2 is 2.25 bits per heavy atom. The number of ether oxygens (including phenoxy) is 1. The van der Waals surface area contributed by atoms with E-state index in [1.807, 2.05) is 6.92 Å². The van der Waals surface area contributed by atoms with Crippen molar-refractivity contribution in [3.05, 3.63) is 0 Å². The lowest BCUT2D eigenvalue weighted by molar-refractivity contribution is 0.0835. The van der Waals surface area contributed by atoms with Crippen molar-refractivity contribution in [1.29, 1.82) is 0 Å². The van der Waals surface area contributed by atoms with Crippen molar-refractivity contribution < 1.29 is 9.84 Å². The van der Waals surface area contributed by atoms with Crippen LogP contribution in [0.5, 0.6) is 0 Å². The number of unbranched alkanes of at least 4 members (excludes halogenated alkanes) is 1. The minimum Gasteiger partial charge on any atom is -0.393 e. The van der Waals surface area contributed by atoms with Gasteiger partial charge in [-0.15, -0.1) is 12.3 Å². The molecule has 1 N–H and O–H groups in total. The van der Waals surface area contributed by atoms with E-state index in [9.17, 15) is 5.11 Å². The molecule has 0 aromatic heterocycles. The predicted octanol–water partition coefficient (Wildman–Crippen LogP) is 1.58. The van der Waals surface area contributed by atoms with E-state index in [1.54, 1.807) is 0 Å². The fraction of sp³-hybridized carbons (Fsp3) is 0.800. The monoisotopic (exact) mass is 170 g/mol. The quantitative estimate of drug-likeness (QED) is 0.464. The molecule has 0 spiro atoms. The van der Waals surface area contributed by atoms with Crippen LogP contribution in [0.3, 0.4) is 0 Å². The van der Waals surface area contributed by atoms with E-state index >= 15 is 0 Å². The summed E-state index contributed by atoms with van der Waals surface area (Å²) in [6.07, 6.45) is 8.01. The molecular formula is C10H18O2. The minimum atomic E-state index is -0.245. The molecule has 0 aliphatic carbocycles. The highest BCUT2D eigenvalue weighted by Crippen LogP contribution is 2.03. The third kappa shape index (κ3) is 7.59. The normalized spacial score (nSPS) is 12.4. The first-order valence-electron chi connectivity index (χ1n) is 4.50. The van der Waals surface area contributed by atoms with Crippen molar-refractivity contribution >= 4 is 0 Å². The second kappa shape index (κ2) is 8.58. The molecule has 1 atom stereocenters. The average Bonchev–Trinajstić information content (AvgIpc) is 2.06. The van der Waals surface area contributed by atoms with Crippen LogP contribution in [0.25, 0.3) is 0 Å². The standard InChI is InChI=1S/C10H18O2/c1-3-5-6-7-10(11)8-9-12-4-2/h1,10-11H,4-9H2,2H3. The maximum atomic E-state index is 9.35. The highest BCUT2D eigenvalue weighted by atomic mass is 16.5. The van der Waals surface area contributed by atoms with Gasteiger partial charge in [-0.1, -0.05) is 0 Å². The van der Waals surface area contributed by atoms with Gasteiger partial charge in [0.1, 0.15) is 0 Å². The lowest BCUT2D eigenvalue weighted by Gasteiger charge is -2.08. The molecule has 0 heterocycles. The molecule has 12 heavy (non-hydrogen) atoms. The largest absolute Gasteiger partial charge is 0.393 e. The first kappa shape index (κ1) is 11.5. The Kier molecular flexibility index (Phi) is 8.20. The fourth-order valence-electron chi connectivity index (χ4n) is 0.948. The van der Waals surface area contributed by atoms with Gasteiger partial charge in [0.2, 0.25) is 0 Å². The summed E-state index contributed by atoms with van der Waals surface area (Å²) in [7, 11) is 0. The van der Waals surface area contributed by atoms with E-state index in [0.29, 0.717) is 6.61 Å². The number of hydrogen-bond donors (Lipinski definition) is 1. The topological polar surface area (TPSA) is 29.5 Å². The molecule has 0 aromatic rings. The van der Waals surface area contributed by atoms with Crippen molar-refractivity contribution in [1.82, 2.24) is 0 Å². The number of aliphatic hydroxyl groups excluding tert-OH is 1. The number of terminal acetylenes is 1. The summed E-state index contributed by atoms with van der Waals surface area (Å²) in [5, 5.41) is 9.35. The van der Waals surface area contributed by atoms with Crippen molar-refractivity contribution in [2.24, 2.45) is 0 Å². The molecule has 0 aromatic carbocycles. The zero-order valence-corrected chi connectivity index (χ0v) is 7.75. The second-order valence-electron chi connectivity index (χ2n) is 2.74. The zero-order valence-electron chi connectivity index (χ0n) is 7.75. The number of aliphatic hydroxyl groups is 1. The van der Waals surface area contributed by atoms with Crippen LogP contribution in [0, 0.1) is 12.3 Å². The molecule has 0 rings (SSSR count). The van der Waals surface area contributed by atoms with Crippen LogP contribution in [0.15, 0.2) is 0 Å². The molecule has 1 unspecified atom stereocenters. The molecule has 0 saturated carbocycles. The van der Waals surface area contributed by atoms with Crippen LogP contribution in [0.4, 0.5) is 0 Å². The van der Waals surface area contributed by atoms with Crippen molar-refractivity contribution in [3.8, 4) is 12.3 Å². The van der Waals surface area contributed by atoms with Gasteiger partial charge in [-0.25, -0.2) is 0 Å². The summed E-state index contributed by atoms with van der Waals surface area (Å²) in [5.74, 6) is 2.55. The van der Waals surface area contributed by atoms with Crippen LogP contribution in [-0.4, -0.2) is 24.4 Å². The van der Waals surface area contributed by atoms with Gasteiger partial charge in [0.05, 0.1) is 6.10 Å². The Bertz CT molecular complexity index is 126. The first-order chi connectivity index (χ1) is 5.81. The predicted molar refractivity (Wildman–Crippen MR) is 49.8 cm³/mol. The van der Waals surface area contributed by atoms with Crippen LogP contribution in [-0.2, 0) is 4.74 Å². The Balaban J connectivity index is 3.11. The van der Waals surface area contributed by atoms with Gasteiger partial charge < -0.3 is 9.84 Å². The van der Waals surface area contributed by atoms with Gasteiger partial charge in [0.15, 0.2) is 0 Å².